The Hall–Kier alpha value is -2.40. The number of ether oxygens (including phenoxy) is 2. The molecule has 1 aromatic heterocycles. The lowest BCUT2D eigenvalue weighted by atomic mass is 10.2. The van der Waals surface area contributed by atoms with Crippen molar-refractivity contribution in [2.24, 2.45) is 0 Å². The van der Waals surface area contributed by atoms with E-state index in [1.54, 1.807) is 30.5 Å². The maximum atomic E-state index is 10.2. The highest BCUT2D eigenvalue weighted by Crippen LogP contribution is 2.13. The zero-order chi connectivity index (χ0) is 17.5. The van der Waals surface area contributed by atoms with Crippen LogP contribution in [0.3, 0.4) is 0 Å². The fraction of sp³-hybridized carbons (Fsp3) is 0.444. The number of β-amino-alcohol motifs (C(OH)–C–C–N with tert-alkyl or cyclic N) is 1. The minimum atomic E-state index is -0.584. The van der Waals surface area contributed by atoms with E-state index in [0.717, 1.165) is 13.1 Å². The van der Waals surface area contributed by atoms with Gasteiger partial charge in [-0.25, -0.2) is 0 Å². The number of benzene rings is 1. The lowest BCUT2D eigenvalue weighted by molar-refractivity contribution is -0.0517. The Balaban J connectivity index is 1.42. The van der Waals surface area contributed by atoms with Gasteiger partial charge in [0.15, 0.2) is 0 Å². The molecule has 0 bridgehead atoms. The summed E-state index contributed by atoms with van der Waals surface area (Å²) in [5, 5.41) is 23.2. The van der Waals surface area contributed by atoms with E-state index in [1.807, 2.05) is 16.9 Å². The van der Waals surface area contributed by atoms with Gasteiger partial charge in [0.25, 0.3) is 0 Å². The normalized spacial score (nSPS) is 19.3. The summed E-state index contributed by atoms with van der Waals surface area (Å²) < 4.78 is 13.2. The molecular formula is C18H22N4O3. The largest absolute Gasteiger partial charge is 0.491 e. The quantitative estimate of drug-likeness (QED) is 0.805. The van der Waals surface area contributed by atoms with E-state index in [1.165, 1.54) is 0 Å². The number of aromatic nitrogens is 2. The van der Waals surface area contributed by atoms with Gasteiger partial charge >= 0.3 is 0 Å². The molecule has 1 aliphatic rings. The SMILES string of the molecule is N#Cc1ccc(OC[C@@H](O)CN2CCO[C@H](Cn3cccn3)C2)cc1. The molecule has 0 spiro atoms. The second-order valence-corrected chi connectivity index (χ2v) is 6.08. The van der Waals surface area contributed by atoms with Gasteiger partial charge in [0.2, 0.25) is 0 Å². The molecule has 1 aromatic carbocycles. The van der Waals surface area contributed by atoms with Crippen molar-refractivity contribution in [3.63, 3.8) is 0 Å². The Morgan fingerprint density at radius 3 is 2.96 bits per heavy atom. The van der Waals surface area contributed by atoms with Gasteiger partial charge in [0, 0.05) is 32.0 Å². The van der Waals surface area contributed by atoms with Crippen molar-refractivity contribution in [1.82, 2.24) is 14.7 Å². The molecule has 132 valence electrons. The molecule has 0 radical (unpaired) electrons. The fourth-order valence-electron chi connectivity index (χ4n) is 2.84. The molecular weight excluding hydrogens is 320 g/mol. The van der Waals surface area contributed by atoms with Crippen molar-refractivity contribution in [3.05, 3.63) is 48.3 Å². The van der Waals surface area contributed by atoms with Crippen LogP contribution in [0.4, 0.5) is 0 Å². The third-order valence-corrected chi connectivity index (χ3v) is 4.07. The van der Waals surface area contributed by atoms with Gasteiger partial charge in [0.05, 0.1) is 30.9 Å². The Labute approximate surface area is 147 Å². The van der Waals surface area contributed by atoms with Crippen LogP contribution >= 0.6 is 0 Å². The lowest BCUT2D eigenvalue weighted by Crippen LogP contribution is -2.47. The average Bonchev–Trinajstić information content (AvgIpc) is 3.14. The first-order chi connectivity index (χ1) is 12.2. The standard InChI is InChI=1S/C18H22N4O3/c19-10-15-2-4-17(5-3-15)25-14-16(23)11-21-8-9-24-18(12-21)13-22-7-1-6-20-22/h1-7,16,18,23H,8-9,11-14H2/t16-,18-/m0/s1. The van der Waals surface area contributed by atoms with Crippen molar-refractivity contribution in [2.75, 3.05) is 32.8 Å². The summed E-state index contributed by atoms with van der Waals surface area (Å²) in [5.74, 6) is 0.650. The van der Waals surface area contributed by atoms with Gasteiger partial charge < -0.3 is 14.6 Å². The molecule has 2 aromatic rings. The first-order valence-electron chi connectivity index (χ1n) is 8.35. The number of hydrogen-bond donors (Lipinski definition) is 1. The maximum absolute atomic E-state index is 10.2. The average molecular weight is 342 g/mol. The van der Waals surface area contributed by atoms with Crippen LogP contribution in [-0.2, 0) is 11.3 Å². The van der Waals surface area contributed by atoms with Gasteiger partial charge in [-0.15, -0.1) is 0 Å². The summed E-state index contributed by atoms with van der Waals surface area (Å²) in [6, 6.07) is 10.8. The van der Waals surface area contributed by atoms with Crippen LogP contribution in [0.1, 0.15) is 5.56 Å². The first kappa shape index (κ1) is 17.4. The van der Waals surface area contributed by atoms with Gasteiger partial charge in [0.1, 0.15) is 18.5 Å². The van der Waals surface area contributed by atoms with Crippen LogP contribution in [0, 0.1) is 11.3 Å². The number of aliphatic hydroxyl groups excluding tert-OH is 1. The Morgan fingerprint density at radius 1 is 1.40 bits per heavy atom. The van der Waals surface area contributed by atoms with Crippen molar-refractivity contribution in [3.8, 4) is 11.8 Å². The number of nitriles is 1. The van der Waals surface area contributed by atoms with Gasteiger partial charge in [-0.3, -0.25) is 9.58 Å². The summed E-state index contributed by atoms with van der Waals surface area (Å²) >= 11 is 0. The predicted molar refractivity (Wildman–Crippen MR) is 91.1 cm³/mol. The van der Waals surface area contributed by atoms with E-state index >= 15 is 0 Å². The van der Waals surface area contributed by atoms with E-state index in [0.29, 0.717) is 31.0 Å². The highest BCUT2D eigenvalue weighted by Gasteiger charge is 2.23. The molecule has 2 heterocycles. The first-order valence-corrected chi connectivity index (χ1v) is 8.35. The summed E-state index contributed by atoms with van der Waals surface area (Å²) in [6.45, 7) is 3.66. The molecule has 0 aliphatic carbocycles. The summed E-state index contributed by atoms with van der Waals surface area (Å²) in [7, 11) is 0. The Bertz CT molecular complexity index is 681. The molecule has 7 heteroatoms. The molecule has 0 unspecified atom stereocenters. The van der Waals surface area contributed by atoms with E-state index in [4.69, 9.17) is 14.7 Å². The van der Waals surface area contributed by atoms with Gasteiger partial charge in [-0.1, -0.05) is 0 Å². The third-order valence-electron chi connectivity index (χ3n) is 4.07. The molecule has 0 amide bonds. The Morgan fingerprint density at radius 2 is 2.24 bits per heavy atom. The second kappa shape index (κ2) is 8.62. The zero-order valence-corrected chi connectivity index (χ0v) is 14.0. The van der Waals surface area contributed by atoms with Crippen LogP contribution in [0.25, 0.3) is 0 Å². The summed E-state index contributed by atoms with van der Waals surface area (Å²) in [5.41, 5.74) is 0.587. The van der Waals surface area contributed by atoms with Gasteiger partial charge in [-0.2, -0.15) is 10.4 Å². The molecule has 1 aliphatic heterocycles. The summed E-state index contributed by atoms with van der Waals surface area (Å²) in [4.78, 5) is 2.18. The van der Waals surface area contributed by atoms with Crippen LogP contribution in [0.2, 0.25) is 0 Å². The van der Waals surface area contributed by atoms with E-state index in [9.17, 15) is 5.11 Å². The highest BCUT2D eigenvalue weighted by atomic mass is 16.5. The number of morpholine rings is 1. The highest BCUT2D eigenvalue weighted by molar-refractivity contribution is 5.34. The van der Waals surface area contributed by atoms with Crippen molar-refractivity contribution in [2.45, 2.75) is 18.8 Å². The van der Waals surface area contributed by atoms with E-state index in [-0.39, 0.29) is 12.7 Å². The van der Waals surface area contributed by atoms with Crippen LogP contribution in [0.15, 0.2) is 42.7 Å². The van der Waals surface area contributed by atoms with Crippen molar-refractivity contribution in [1.29, 1.82) is 5.26 Å². The van der Waals surface area contributed by atoms with Crippen LogP contribution in [-0.4, -0.2) is 64.8 Å². The summed E-state index contributed by atoms with van der Waals surface area (Å²) in [6.07, 6.45) is 3.16. The molecule has 7 nitrogen and oxygen atoms in total. The Kier molecular flexibility index (Phi) is 6.01. The second-order valence-electron chi connectivity index (χ2n) is 6.08. The minimum Gasteiger partial charge on any atom is -0.491 e. The molecule has 25 heavy (non-hydrogen) atoms. The molecule has 3 rings (SSSR count). The van der Waals surface area contributed by atoms with Crippen LogP contribution in [0.5, 0.6) is 5.75 Å². The molecule has 1 saturated heterocycles. The molecule has 2 atom stereocenters. The topological polar surface area (TPSA) is 83.5 Å². The van der Waals surface area contributed by atoms with Gasteiger partial charge in [-0.05, 0) is 30.3 Å². The van der Waals surface area contributed by atoms with E-state index < -0.39 is 6.10 Å². The van der Waals surface area contributed by atoms with E-state index in [2.05, 4.69) is 16.1 Å². The number of aliphatic hydroxyl groups is 1. The minimum absolute atomic E-state index is 0.0697. The van der Waals surface area contributed by atoms with Crippen molar-refractivity contribution >= 4 is 0 Å². The smallest absolute Gasteiger partial charge is 0.119 e. The number of nitrogens with zero attached hydrogens (tertiary/aromatic N) is 4. The molecule has 1 fully saturated rings. The monoisotopic (exact) mass is 342 g/mol. The zero-order valence-electron chi connectivity index (χ0n) is 14.0. The molecule has 1 N–H and O–H groups in total. The van der Waals surface area contributed by atoms with Crippen molar-refractivity contribution < 1.29 is 14.6 Å². The number of rotatable bonds is 7. The van der Waals surface area contributed by atoms with Crippen LogP contribution < -0.4 is 4.74 Å². The predicted octanol–water partition coefficient (Wildman–Crippen LogP) is 0.895. The maximum Gasteiger partial charge on any atom is 0.119 e. The third kappa shape index (κ3) is 5.29. The fourth-order valence-corrected chi connectivity index (χ4v) is 2.84. The number of hydrogen-bond acceptors (Lipinski definition) is 6. The lowest BCUT2D eigenvalue weighted by Gasteiger charge is -2.33. The molecule has 0 saturated carbocycles.